The fourth-order valence-electron chi connectivity index (χ4n) is 5.03. The fraction of sp³-hybridized carbons (Fsp3) is 0.556. The van der Waals surface area contributed by atoms with Crippen LogP contribution < -0.4 is 19.7 Å². The standard InChI is InChI=1S/C27H38N2O6S/c1-32-15-4-13-29-14-16-34-25-10-7-21(17-24(25)29)27(19-36(3,30)31)35-26-18-28-12-11-23(26)20-5-8-22(33-2)9-6-20/h5-10,17,23,26-28H,4,11-16,18-19H2,1-3H3/t23-,26+,27?/m1/s1. The van der Waals surface area contributed by atoms with Crippen LogP contribution in [-0.2, 0) is 19.3 Å². The highest BCUT2D eigenvalue weighted by atomic mass is 32.2. The summed E-state index contributed by atoms with van der Waals surface area (Å²) in [7, 11) is 0.0734. The number of anilines is 1. The average molecular weight is 519 g/mol. The van der Waals surface area contributed by atoms with Crippen molar-refractivity contribution in [2.75, 3.05) is 70.5 Å². The Morgan fingerprint density at radius 1 is 1.17 bits per heavy atom. The van der Waals surface area contributed by atoms with E-state index in [2.05, 4.69) is 22.3 Å². The van der Waals surface area contributed by atoms with Crippen molar-refractivity contribution in [1.29, 1.82) is 0 Å². The largest absolute Gasteiger partial charge is 0.497 e. The minimum atomic E-state index is -3.29. The maximum absolute atomic E-state index is 12.4. The molecule has 198 valence electrons. The Kier molecular flexibility index (Phi) is 9.11. The topological polar surface area (TPSA) is 86.3 Å². The van der Waals surface area contributed by atoms with Gasteiger partial charge in [0.05, 0.1) is 37.3 Å². The Morgan fingerprint density at radius 3 is 2.69 bits per heavy atom. The molecule has 0 aromatic heterocycles. The summed E-state index contributed by atoms with van der Waals surface area (Å²) in [4.78, 5) is 2.28. The molecule has 0 radical (unpaired) electrons. The van der Waals surface area contributed by atoms with E-state index < -0.39 is 15.9 Å². The van der Waals surface area contributed by atoms with Crippen molar-refractivity contribution in [1.82, 2.24) is 5.32 Å². The lowest BCUT2D eigenvalue weighted by Crippen LogP contribution is -2.42. The molecule has 2 aliphatic rings. The number of nitrogens with zero attached hydrogens (tertiary/aromatic N) is 1. The van der Waals surface area contributed by atoms with Crippen LogP contribution in [0.2, 0.25) is 0 Å². The summed E-state index contributed by atoms with van der Waals surface area (Å²) in [5.74, 6) is 1.70. The number of methoxy groups -OCH3 is 2. The molecule has 1 saturated heterocycles. The molecule has 4 rings (SSSR count). The first-order valence-electron chi connectivity index (χ1n) is 12.6. The van der Waals surface area contributed by atoms with Gasteiger partial charge in [0, 0.05) is 39.0 Å². The predicted molar refractivity (Wildman–Crippen MR) is 141 cm³/mol. The third-order valence-corrected chi connectivity index (χ3v) is 7.76. The molecule has 36 heavy (non-hydrogen) atoms. The van der Waals surface area contributed by atoms with Crippen LogP contribution in [0.1, 0.15) is 36.0 Å². The summed E-state index contributed by atoms with van der Waals surface area (Å²) < 4.78 is 48.0. The van der Waals surface area contributed by atoms with Gasteiger partial charge in [-0.05, 0) is 54.8 Å². The van der Waals surface area contributed by atoms with Gasteiger partial charge in [-0.25, -0.2) is 8.42 Å². The molecule has 9 heteroatoms. The Hall–Kier alpha value is -2.33. The molecular weight excluding hydrogens is 480 g/mol. The average Bonchev–Trinajstić information content (AvgIpc) is 2.88. The third kappa shape index (κ3) is 6.91. The fourth-order valence-corrected chi connectivity index (χ4v) is 5.85. The van der Waals surface area contributed by atoms with Crippen LogP contribution in [0.4, 0.5) is 5.69 Å². The lowest BCUT2D eigenvalue weighted by atomic mass is 9.87. The summed E-state index contributed by atoms with van der Waals surface area (Å²) in [6.45, 7) is 4.49. The van der Waals surface area contributed by atoms with E-state index >= 15 is 0 Å². The summed E-state index contributed by atoms with van der Waals surface area (Å²) in [5.41, 5.74) is 2.99. The first-order chi connectivity index (χ1) is 17.4. The monoisotopic (exact) mass is 518 g/mol. The van der Waals surface area contributed by atoms with E-state index in [1.807, 2.05) is 30.3 Å². The summed E-state index contributed by atoms with van der Waals surface area (Å²) in [5, 5.41) is 3.42. The molecular formula is C27H38N2O6S. The van der Waals surface area contributed by atoms with Crippen molar-refractivity contribution in [3.8, 4) is 11.5 Å². The Labute approximate surface area is 214 Å². The molecule has 1 unspecified atom stereocenters. The number of piperidine rings is 1. The minimum absolute atomic E-state index is 0.0812. The zero-order valence-corrected chi connectivity index (χ0v) is 22.3. The second kappa shape index (κ2) is 12.3. The number of rotatable bonds is 11. The van der Waals surface area contributed by atoms with Crippen LogP contribution in [0.5, 0.6) is 11.5 Å². The van der Waals surface area contributed by atoms with Crippen LogP contribution >= 0.6 is 0 Å². The highest BCUT2D eigenvalue weighted by Gasteiger charge is 2.32. The zero-order chi connectivity index (χ0) is 25.5. The summed E-state index contributed by atoms with van der Waals surface area (Å²) >= 11 is 0. The van der Waals surface area contributed by atoms with E-state index in [0.717, 1.165) is 55.2 Å². The Bertz CT molecular complexity index is 1090. The predicted octanol–water partition coefficient (Wildman–Crippen LogP) is 3.18. The van der Waals surface area contributed by atoms with Gasteiger partial charge in [-0.3, -0.25) is 0 Å². The van der Waals surface area contributed by atoms with Crippen molar-refractivity contribution < 1.29 is 27.4 Å². The molecule has 2 aromatic carbocycles. The molecule has 0 amide bonds. The van der Waals surface area contributed by atoms with Gasteiger partial charge in [0.15, 0.2) is 0 Å². The van der Waals surface area contributed by atoms with Crippen molar-refractivity contribution in [2.45, 2.75) is 31.0 Å². The number of hydrogen-bond acceptors (Lipinski definition) is 8. The van der Waals surface area contributed by atoms with Gasteiger partial charge in [0.1, 0.15) is 27.9 Å². The molecule has 1 fully saturated rings. The van der Waals surface area contributed by atoms with Crippen molar-refractivity contribution in [3.05, 3.63) is 53.6 Å². The van der Waals surface area contributed by atoms with Gasteiger partial charge < -0.3 is 29.2 Å². The van der Waals surface area contributed by atoms with E-state index in [1.165, 1.54) is 11.8 Å². The van der Waals surface area contributed by atoms with Crippen molar-refractivity contribution in [2.24, 2.45) is 0 Å². The van der Waals surface area contributed by atoms with Crippen LogP contribution in [0, 0.1) is 0 Å². The first-order valence-corrected chi connectivity index (χ1v) is 14.6. The van der Waals surface area contributed by atoms with Gasteiger partial charge >= 0.3 is 0 Å². The van der Waals surface area contributed by atoms with Crippen LogP contribution in [0.15, 0.2) is 42.5 Å². The van der Waals surface area contributed by atoms with Gasteiger partial charge in [-0.1, -0.05) is 18.2 Å². The summed E-state index contributed by atoms with van der Waals surface area (Å²) in [6, 6.07) is 14.0. The van der Waals surface area contributed by atoms with Crippen LogP contribution in [-0.4, -0.2) is 80.1 Å². The molecule has 2 aromatic rings. The normalized spacial score (nSPS) is 20.9. The maximum atomic E-state index is 12.4. The van der Waals surface area contributed by atoms with E-state index in [1.54, 1.807) is 14.2 Å². The van der Waals surface area contributed by atoms with Crippen LogP contribution in [0.3, 0.4) is 0 Å². The molecule has 8 nitrogen and oxygen atoms in total. The zero-order valence-electron chi connectivity index (χ0n) is 21.4. The Morgan fingerprint density at radius 2 is 1.97 bits per heavy atom. The number of fused-ring (bicyclic) bond motifs is 1. The van der Waals surface area contributed by atoms with E-state index in [0.29, 0.717) is 19.8 Å². The maximum Gasteiger partial charge on any atom is 0.150 e. The summed E-state index contributed by atoms with van der Waals surface area (Å²) in [6.07, 6.45) is 2.33. The van der Waals surface area contributed by atoms with E-state index in [9.17, 15) is 8.42 Å². The third-order valence-electron chi connectivity index (χ3n) is 6.85. The number of nitrogens with one attached hydrogen (secondary N) is 1. The van der Waals surface area contributed by atoms with Gasteiger partial charge in [-0.15, -0.1) is 0 Å². The molecule has 1 N–H and O–H groups in total. The van der Waals surface area contributed by atoms with Gasteiger partial charge in [-0.2, -0.15) is 0 Å². The highest BCUT2D eigenvalue weighted by molar-refractivity contribution is 7.90. The lowest BCUT2D eigenvalue weighted by molar-refractivity contribution is -0.0255. The molecule has 2 aliphatic heterocycles. The Balaban J connectivity index is 1.60. The molecule has 0 bridgehead atoms. The lowest BCUT2D eigenvalue weighted by Gasteiger charge is -2.36. The molecule has 0 saturated carbocycles. The number of ether oxygens (including phenoxy) is 4. The molecule has 0 spiro atoms. The highest BCUT2D eigenvalue weighted by Crippen LogP contribution is 2.37. The van der Waals surface area contributed by atoms with Gasteiger partial charge in [0.25, 0.3) is 0 Å². The minimum Gasteiger partial charge on any atom is -0.497 e. The second-order valence-electron chi connectivity index (χ2n) is 9.54. The number of sulfone groups is 1. The van der Waals surface area contributed by atoms with Crippen molar-refractivity contribution >= 4 is 15.5 Å². The number of benzene rings is 2. The molecule has 0 aliphatic carbocycles. The van der Waals surface area contributed by atoms with Gasteiger partial charge in [0.2, 0.25) is 0 Å². The van der Waals surface area contributed by atoms with Crippen LogP contribution in [0.25, 0.3) is 0 Å². The smallest absolute Gasteiger partial charge is 0.150 e. The number of hydrogen-bond donors (Lipinski definition) is 1. The second-order valence-corrected chi connectivity index (χ2v) is 11.7. The molecule has 2 heterocycles. The van der Waals surface area contributed by atoms with Crippen molar-refractivity contribution in [3.63, 3.8) is 0 Å². The first kappa shape index (κ1) is 26.7. The SMILES string of the molecule is COCCCN1CCOc2ccc(C(CS(C)(=O)=O)O[C@H]3CNCC[C@@H]3c3ccc(OC)cc3)cc21. The molecule has 3 atom stereocenters. The van der Waals surface area contributed by atoms with E-state index in [4.69, 9.17) is 18.9 Å². The quantitative estimate of drug-likeness (QED) is 0.454. The van der Waals surface area contributed by atoms with E-state index in [-0.39, 0.29) is 17.8 Å².